The number of allylic oxidation sites excluding steroid dienone is 2. The van der Waals surface area contributed by atoms with Crippen molar-refractivity contribution in [1.29, 1.82) is 0 Å². The van der Waals surface area contributed by atoms with E-state index < -0.39 is 0 Å². The van der Waals surface area contributed by atoms with E-state index in [2.05, 4.69) is 13.0 Å². The maximum Gasteiger partial charge on any atom is 0.160 e. The van der Waals surface area contributed by atoms with Gasteiger partial charge in [-0.15, -0.1) is 0 Å². The molecule has 1 aromatic carbocycles. The molecule has 1 nitrogen and oxygen atoms in total. The van der Waals surface area contributed by atoms with E-state index in [-0.39, 0.29) is 5.78 Å². The van der Waals surface area contributed by atoms with Crippen molar-refractivity contribution in [3.05, 3.63) is 42.0 Å². The largest absolute Gasteiger partial charge is 0.295 e. The Labute approximate surface area is 105 Å². The molecule has 0 N–H and O–H groups in total. The third-order valence-corrected chi connectivity index (χ3v) is 2.87. The monoisotopic (exact) mass is 230 g/mol. The third kappa shape index (κ3) is 4.99. The lowest BCUT2D eigenvalue weighted by atomic mass is 10.0. The highest BCUT2D eigenvalue weighted by Crippen LogP contribution is 2.17. The number of benzene rings is 1. The molecule has 92 valence electrons. The van der Waals surface area contributed by atoms with Crippen LogP contribution >= 0.6 is 0 Å². The molecule has 0 saturated heterocycles. The number of ketones is 1. The number of Topliss-reactive ketones (excluding diaryl/α,β-unsaturated/α-hetero) is 1. The van der Waals surface area contributed by atoms with Crippen molar-refractivity contribution in [3.63, 3.8) is 0 Å². The van der Waals surface area contributed by atoms with Gasteiger partial charge in [-0.3, -0.25) is 4.79 Å². The molecule has 0 unspecified atom stereocenters. The minimum absolute atomic E-state index is 0.159. The molecule has 1 aromatic rings. The highest BCUT2D eigenvalue weighted by Gasteiger charge is 2.05. The fourth-order valence-electron chi connectivity index (χ4n) is 1.90. The molecule has 0 heterocycles. The van der Waals surface area contributed by atoms with E-state index in [4.69, 9.17) is 0 Å². The van der Waals surface area contributed by atoms with Crippen LogP contribution < -0.4 is 0 Å². The van der Waals surface area contributed by atoms with Crippen molar-refractivity contribution in [1.82, 2.24) is 0 Å². The Morgan fingerprint density at radius 3 is 2.41 bits per heavy atom. The average Bonchev–Trinajstić information content (AvgIpc) is 2.34. The third-order valence-electron chi connectivity index (χ3n) is 2.87. The van der Waals surface area contributed by atoms with Gasteiger partial charge in [-0.1, -0.05) is 62.6 Å². The molecule has 0 aromatic heterocycles. The predicted octanol–water partition coefficient (Wildman–Crippen LogP) is 4.63. The zero-order chi connectivity index (χ0) is 12.5. The van der Waals surface area contributed by atoms with Gasteiger partial charge in [0.25, 0.3) is 0 Å². The second-order valence-corrected chi connectivity index (χ2v) is 4.39. The molecule has 0 radical (unpaired) electrons. The van der Waals surface area contributed by atoms with Crippen molar-refractivity contribution in [2.24, 2.45) is 0 Å². The van der Waals surface area contributed by atoms with Crippen LogP contribution in [0.1, 0.15) is 51.5 Å². The average molecular weight is 230 g/mol. The highest BCUT2D eigenvalue weighted by atomic mass is 16.1. The van der Waals surface area contributed by atoms with Crippen molar-refractivity contribution in [2.75, 3.05) is 0 Å². The lowest BCUT2D eigenvalue weighted by molar-refractivity contribution is -0.111. The SMILES string of the molecule is CCCCCC/C=C(/C(C)=O)c1ccccc1. The molecule has 0 amide bonds. The summed E-state index contributed by atoms with van der Waals surface area (Å²) >= 11 is 0. The summed E-state index contributed by atoms with van der Waals surface area (Å²) in [5.74, 6) is 0.159. The van der Waals surface area contributed by atoms with Crippen LogP contribution in [0.3, 0.4) is 0 Å². The molecule has 0 aliphatic carbocycles. The lowest BCUT2D eigenvalue weighted by Gasteiger charge is -2.04. The zero-order valence-electron chi connectivity index (χ0n) is 10.9. The van der Waals surface area contributed by atoms with Gasteiger partial charge in [0.15, 0.2) is 5.78 Å². The Bertz CT molecular complexity index is 362. The van der Waals surface area contributed by atoms with E-state index in [0.717, 1.165) is 17.6 Å². The summed E-state index contributed by atoms with van der Waals surface area (Å²) in [7, 11) is 0. The van der Waals surface area contributed by atoms with Crippen molar-refractivity contribution < 1.29 is 4.79 Å². The second-order valence-electron chi connectivity index (χ2n) is 4.39. The first-order valence-corrected chi connectivity index (χ1v) is 6.52. The summed E-state index contributed by atoms with van der Waals surface area (Å²) in [4.78, 5) is 11.6. The Hall–Kier alpha value is -1.37. The maximum absolute atomic E-state index is 11.6. The Balaban J connectivity index is 2.61. The maximum atomic E-state index is 11.6. The van der Waals surface area contributed by atoms with Crippen LogP contribution in [0.2, 0.25) is 0 Å². The first-order valence-electron chi connectivity index (χ1n) is 6.52. The molecule has 1 rings (SSSR count). The van der Waals surface area contributed by atoms with Gasteiger partial charge < -0.3 is 0 Å². The van der Waals surface area contributed by atoms with E-state index >= 15 is 0 Å². The first kappa shape index (κ1) is 13.7. The molecule has 1 heteroatoms. The minimum Gasteiger partial charge on any atom is -0.295 e. The first-order chi connectivity index (χ1) is 8.25. The molecule has 0 atom stereocenters. The normalized spacial score (nSPS) is 11.5. The standard InChI is InChI=1S/C16H22O/c1-3-4-5-6-10-13-16(14(2)17)15-11-8-7-9-12-15/h7-9,11-13H,3-6,10H2,1-2H3/b16-13-. The van der Waals surface area contributed by atoms with Gasteiger partial charge in [-0.2, -0.15) is 0 Å². The second kappa shape index (κ2) is 7.83. The van der Waals surface area contributed by atoms with Gasteiger partial charge in [0.1, 0.15) is 0 Å². The number of hydrogen-bond acceptors (Lipinski definition) is 1. The van der Waals surface area contributed by atoms with Crippen molar-refractivity contribution >= 4 is 11.4 Å². The number of carbonyl (C=O) groups excluding carboxylic acids is 1. The summed E-state index contributed by atoms with van der Waals surface area (Å²) in [5, 5.41) is 0. The zero-order valence-corrected chi connectivity index (χ0v) is 10.9. The molecule has 0 saturated carbocycles. The fourth-order valence-corrected chi connectivity index (χ4v) is 1.90. The summed E-state index contributed by atoms with van der Waals surface area (Å²) in [6.45, 7) is 3.85. The van der Waals surface area contributed by atoms with E-state index in [1.54, 1.807) is 6.92 Å². The number of carbonyl (C=O) groups is 1. The summed E-state index contributed by atoms with van der Waals surface area (Å²) in [6.07, 6.45) is 8.07. The van der Waals surface area contributed by atoms with Gasteiger partial charge in [0, 0.05) is 5.57 Å². The van der Waals surface area contributed by atoms with E-state index in [1.807, 2.05) is 30.3 Å². The van der Waals surface area contributed by atoms with Crippen LogP contribution in [-0.2, 0) is 4.79 Å². The molecule has 0 fully saturated rings. The van der Waals surface area contributed by atoms with E-state index in [1.165, 1.54) is 25.7 Å². The molecule has 0 bridgehead atoms. The van der Waals surface area contributed by atoms with Crippen LogP contribution in [0.4, 0.5) is 0 Å². The highest BCUT2D eigenvalue weighted by molar-refractivity contribution is 6.19. The van der Waals surface area contributed by atoms with Gasteiger partial charge >= 0.3 is 0 Å². The smallest absolute Gasteiger partial charge is 0.160 e. The Morgan fingerprint density at radius 2 is 1.82 bits per heavy atom. The molecular formula is C16H22O. The Kier molecular flexibility index (Phi) is 6.31. The molecular weight excluding hydrogens is 208 g/mol. The van der Waals surface area contributed by atoms with E-state index in [0.29, 0.717) is 0 Å². The van der Waals surface area contributed by atoms with Gasteiger partial charge in [-0.05, 0) is 25.3 Å². The topological polar surface area (TPSA) is 17.1 Å². The predicted molar refractivity (Wildman–Crippen MR) is 73.9 cm³/mol. The van der Waals surface area contributed by atoms with Crippen LogP contribution in [0.25, 0.3) is 5.57 Å². The lowest BCUT2D eigenvalue weighted by Crippen LogP contribution is -1.95. The number of unbranched alkanes of at least 4 members (excludes halogenated alkanes) is 4. The summed E-state index contributed by atoms with van der Waals surface area (Å²) in [6, 6.07) is 9.92. The van der Waals surface area contributed by atoms with Crippen molar-refractivity contribution in [2.45, 2.75) is 46.0 Å². The van der Waals surface area contributed by atoms with Crippen LogP contribution in [0, 0.1) is 0 Å². The molecule has 0 aliphatic rings. The summed E-state index contributed by atoms with van der Waals surface area (Å²) in [5.41, 5.74) is 1.90. The van der Waals surface area contributed by atoms with Gasteiger partial charge in [-0.25, -0.2) is 0 Å². The molecule has 0 spiro atoms. The minimum atomic E-state index is 0.159. The molecule has 0 aliphatic heterocycles. The van der Waals surface area contributed by atoms with Gasteiger partial charge in [0.2, 0.25) is 0 Å². The van der Waals surface area contributed by atoms with Crippen LogP contribution in [-0.4, -0.2) is 5.78 Å². The quantitative estimate of drug-likeness (QED) is 0.493. The van der Waals surface area contributed by atoms with Crippen molar-refractivity contribution in [3.8, 4) is 0 Å². The summed E-state index contributed by atoms with van der Waals surface area (Å²) < 4.78 is 0. The van der Waals surface area contributed by atoms with E-state index in [9.17, 15) is 4.79 Å². The van der Waals surface area contributed by atoms with Crippen LogP contribution in [0.5, 0.6) is 0 Å². The molecule has 17 heavy (non-hydrogen) atoms. The van der Waals surface area contributed by atoms with Crippen LogP contribution in [0.15, 0.2) is 36.4 Å². The fraction of sp³-hybridized carbons (Fsp3) is 0.438. The Morgan fingerprint density at radius 1 is 1.12 bits per heavy atom. The number of hydrogen-bond donors (Lipinski definition) is 0. The van der Waals surface area contributed by atoms with Gasteiger partial charge in [0.05, 0.1) is 0 Å². The number of rotatable bonds is 7.